The molecular formula is C24H33ClN6O2P2. The number of likely N-dealkylation sites (N-methyl/N-ethyl adjacent to an activating group) is 1. The van der Waals surface area contributed by atoms with Crippen LogP contribution < -0.4 is 25.2 Å². The molecule has 0 bridgehead atoms. The smallest absolute Gasteiger partial charge is 0.229 e. The molecule has 0 fully saturated rings. The van der Waals surface area contributed by atoms with Crippen molar-refractivity contribution in [1.82, 2.24) is 14.9 Å². The predicted octanol–water partition coefficient (Wildman–Crippen LogP) is 5.75. The second-order valence-electron chi connectivity index (χ2n) is 8.31. The Morgan fingerprint density at radius 3 is 2.57 bits per heavy atom. The van der Waals surface area contributed by atoms with Gasteiger partial charge in [0, 0.05) is 31.9 Å². The van der Waals surface area contributed by atoms with E-state index in [4.69, 9.17) is 20.9 Å². The number of anilines is 5. The molecule has 0 radical (unpaired) electrons. The second-order valence-corrected chi connectivity index (χ2v) is 10.5. The maximum atomic E-state index is 6.44. The van der Waals surface area contributed by atoms with Crippen LogP contribution in [0.15, 0.2) is 36.5 Å². The van der Waals surface area contributed by atoms with E-state index in [0.29, 0.717) is 16.8 Å². The molecular weight excluding hydrogens is 502 g/mol. The lowest BCUT2D eigenvalue weighted by atomic mass is 9.99. The minimum Gasteiger partial charge on any atom is -0.495 e. The Labute approximate surface area is 216 Å². The van der Waals surface area contributed by atoms with Gasteiger partial charge in [-0.3, -0.25) is 0 Å². The Hall–Kier alpha value is -2.37. The summed E-state index contributed by atoms with van der Waals surface area (Å²) in [6, 6.07) is 10.1. The largest absolute Gasteiger partial charge is 0.495 e. The van der Waals surface area contributed by atoms with Gasteiger partial charge < -0.3 is 30.1 Å². The molecule has 2 heterocycles. The zero-order valence-corrected chi connectivity index (χ0v) is 23.8. The summed E-state index contributed by atoms with van der Waals surface area (Å²) < 4.78 is 11.7. The quantitative estimate of drug-likeness (QED) is 0.315. The van der Waals surface area contributed by atoms with E-state index in [1.165, 1.54) is 11.1 Å². The van der Waals surface area contributed by atoms with E-state index in [-0.39, 0.29) is 9.90 Å². The number of rotatable bonds is 8. The number of nitrogens with zero attached hydrogens (tertiary/aromatic N) is 3. The van der Waals surface area contributed by atoms with Crippen LogP contribution in [0.25, 0.3) is 0 Å². The highest BCUT2D eigenvalue weighted by Crippen LogP contribution is 2.39. The first-order valence-corrected chi connectivity index (χ1v) is 13.5. The molecule has 1 aromatic heterocycles. The van der Waals surface area contributed by atoms with Crippen LogP contribution in [0.5, 0.6) is 11.5 Å². The molecule has 8 nitrogen and oxygen atoms in total. The number of ether oxygens (including phenoxy) is 1. The minimum absolute atomic E-state index is 0. The fourth-order valence-electron chi connectivity index (χ4n) is 3.81. The first-order valence-electron chi connectivity index (χ1n) is 11.0. The van der Waals surface area contributed by atoms with Gasteiger partial charge in [0.2, 0.25) is 5.95 Å². The number of hydrogen-bond acceptors (Lipinski definition) is 8. The number of methoxy groups -OCH3 is 1. The highest BCUT2D eigenvalue weighted by Gasteiger charge is 2.18. The van der Waals surface area contributed by atoms with E-state index < -0.39 is 8.15 Å². The van der Waals surface area contributed by atoms with Crippen molar-refractivity contribution >= 4 is 58.5 Å². The Bertz CT molecular complexity index is 1180. The van der Waals surface area contributed by atoms with Gasteiger partial charge in [-0.25, -0.2) is 4.98 Å². The Morgan fingerprint density at radius 2 is 1.86 bits per heavy atom. The van der Waals surface area contributed by atoms with E-state index in [9.17, 15) is 0 Å². The normalized spacial score (nSPS) is 13.0. The summed E-state index contributed by atoms with van der Waals surface area (Å²) in [4.78, 5) is 11.3. The van der Waals surface area contributed by atoms with Gasteiger partial charge in [0.05, 0.1) is 32.8 Å². The second kappa shape index (κ2) is 12.0. The van der Waals surface area contributed by atoms with Crippen molar-refractivity contribution in [3.8, 4) is 11.5 Å². The highest BCUT2D eigenvalue weighted by molar-refractivity contribution is 7.51. The van der Waals surface area contributed by atoms with E-state index in [2.05, 4.69) is 63.3 Å². The molecule has 2 aromatic carbocycles. The lowest BCUT2D eigenvalue weighted by molar-refractivity contribution is 0.312. The van der Waals surface area contributed by atoms with E-state index in [0.717, 1.165) is 48.1 Å². The monoisotopic (exact) mass is 534 g/mol. The van der Waals surface area contributed by atoms with Gasteiger partial charge >= 0.3 is 0 Å². The summed E-state index contributed by atoms with van der Waals surface area (Å²) in [6.07, 6.45) is 2.58. The molecule has 1 unspecified atom stereocenters. The predicted molar refractivity (Wildman–Crippen MR) is 153 cm³/mol. The highest BCUT2D eigenvalue weighted by atomic mass is 35.5. The molecule has 0 amide bonds. The molecule has 1 aliphatic heterocycles. The maximum Gasteiger partial charge on any atom is 0.229 e. The van der Waals surface area contributed by atoms with Crippen LogP contribution in [0.3, 0.4) is 0 Å². The molecule has 4 rings (SSSR count). The average molecular weight is 535 g/mol. The van der Waals surface area contributed by atoms with Gasteiger partial charge in [0.15, 0.2) is 5.82 Å². The van der Waals surface area contributed by atoms with Crippen LogP contribution >= 0.6 is 29.6 Å². The molecule has 1 atom stereocenters. The van der Waals surface area contributed by atoms with Crippen molar-refractivity contribution in [3.63, 3.8) is 0 Å². The number of aromatic nitrogens is 2. The van der Waals surface area contributed by atoms with E-state index in [1.54, 1.807) is 13.3 Å². The number of halogens is 1. The third-order valence-electron chi connectivity index (χ3n) is 5.52. The molecule has 0 aliphatic carbocycles. The molecule has 35 heavy (non-hydrogen) atoms. The van der Waals surface area contributed by atoms with Crippen molar-refractivity contribution in [1.29, 1.82) is 0 Å². The van der Waals surface area contributed by atoms with E-state index >= 15 is 0 Å². The Kier molecular flexibility index (Phi) is 9.37. The zero-order valence-electron chi connectivity index (χ0n) is 20.8. The van der Waals surface area contributed by atoms with E-state index in [1.807, 2.05) is 25.2 Å². The van der Waals surface area contributed by atoms with Gasteiger partial charge in [-0.05, 0) is 62.2 Å². The van der Waals surface area contributed by atoms with Crippen molar-refractivity contribution in [2.24, 2.45) is 0 Å². The lowest BCUT2D eigenvalue weighted by Crippen LogP contribution is -2.26. The SMILES string of the molecule is CNc1ccc(Nc2nc(Nc3cc4c(cc3OC)CCN(C)C4)ncc2Cl)c(OP(C)C)c1.P. The maximum absolute atomic E-state index is 6.44. The molecule has 3 aromatic rings. The molecule has 0 spiro atoms. The van der Waals surface area contributed by atoms with Crippen molar-refractivity contribution in [2.45, 2.75) is 13.0 Å². The molecule has 1 aliphatic rings. The van der Waals surface area contributed by atoms with Crippen molar-refractivity contribution in [3.05, 3.63) is 52.7 Å². The summed E-state index contributed by atoms with van der Waals surface area (Å²) in [5.74, 6) is 2.38. The summed E-state index contributed by atoms with van der Waals surface area (Å²) in [5.41, 5.74) is 5.13. The van der Waals surface area contributed by atoms with Gasteiger partial charge in [-0.2, -0.15) is 14.9 Å². The lowest BCUT2D eigenvalue weighted by Gasteiger charge is -2.26. The van der Waals surface area contributed by atoms with Crippen LogP contribution in [0.1, 0.15) is 11.1 Å². The third-order valence-corrected chi connectivity index (χ3v) is 6.36. The van der Waals surface area contributed by atoms with Crippen LogP contribution in [-0.2, 0) is 13.0 Å². The topological polar surface area (TPSA) is 83.6 Å². The van der Waals surface area contributed by atoms with Crippen molar-refractivity contribution in [2.75, 3.05) is 57.0 Å². The zero-order chi connectivity index (χ0) is 24.2. The third kappa shape index (κ3) is 6.65. The number of nitrogens with one attached hydrogen (secondary N) is 3. The summed E-state index contributed by atoms with van der Waals surface area (Å²) >= 11 is 6.44. The Balaban J connectivity index is 0.00000342. The molecule has 11 heteroatoms. The number of benzene rings is 2. The van der Waals surface area contributed by atoms with Gasteiger partial charge in [-0.1, -0.05) is 11.6 Å². The van der Waals surface area contributed by atoms with Gasteiger partial charge in [-0.15, -0.1) is 0 Å². The Morgan fingerprint density at radius 1 is 1.06 bits per heavy atom. The molecule has 0 saturated carbocycles. The van der Waals surface area contributed by atoms with Crippen molar-refractivity contribution < 1.29 is 9.26 Å². The first-order chi connectivity index (χ1) is 16.4. The minimum atomic E-state index is -0.609. The fraction of sp³-hybridized carbons (Fsp3) is 0.333. The number of fused-ring (bicyclic) bond motifs is 1. The summed E-state index contributed by atoms with van der Waals surface area (Å²) in [7, 11) is 5.06. The first kappa shape index (κ1) is 27.2. The van der Waals surface area contributed by atoms with Crippen LogP contribution in [0.4, 0.5) is 28.8 Å². The summed E-state index contributed by atoms with van der Waals surface area (Å²) in [5, 5.41) is 10.2. The average Bonchev–Trinajstić information content (AvgIpc) is 2.81. The fourth-order valence-corrected chi connectivity index (χ4v) is 4.49. The van der Waals surface area contributed by atoms with Crippen LogP contribution in [0, 0.1) is 0 Å². The van der Waals surface area contributed by atoms with Gasteiger partial charge in [0.1, 0.15) is 16.5 Å². The van der Waals surface area contributed by atoms with Gasteiger partial charge in [0.25, 0.3) is 0 Å². The van der Waals surface area contributed by atoms with Crippen LogP contribution in [-0.4, -0.2) is 55.9 Å². The number of hydrogen-bond donors (Lipinski definition) is 3. The molecule has 188 valence electrons. The molecule has 3 N–H and O–H groups in total. The molecule has 0 saturated heterocycles. The summed E-state index contributed by atoms with van der Waals surface area (Å²) in [6.45, 7) is 6.03. The standard InChI is InChI=1S/C24H30ClN6O2P.H3P/c1-26-17-6-7-19(22(12-17)33-34(4)5)28-23-18(25)13-27-24(30-23)29-20-10-16-14-31(2)9-8-15(16)11-21(20)32-3;/h6-7,10-13,26H,8-9,14H2,1-5H3,(H2,27,28,29,30);1H3. The van der Waals surface area contributed by atoms with Crippen LogP contribution in [0.2, 0.25) is 5.02 Å².